The summed E-state index contributed by atoms with van der Waals surface area (Å²) in [6, 6.07) is 0. The minimum Gasteiger partial charge on any atom is -0.480 e. The highest BCUT2D eigenvalue weighted by Crippen LogP contribution is 2.18. The maximum atomic E-state index is 11.4. The Morgan fingerprint density at radius 3 is 2.45 bits per heavy atom. The molecule has 0 aromatic heterocycles. The van der Waals surface area contributed by atoms with Crippen molar-refractivity contribution in [1.82, 2.24) is 4.90 Å². The van der Waals surface area contributed by atoms with Crippen molar-refractivity contribution in [3.63, 3.8) is 0 Å². The van der Waals surface area contributed by atoms with Gasteiger partial charge in [-0.05, 0) is 19.2 Å². The van der Waals surface area contributed by atoms with Gasteiger partial charge in [-0.2, -0.15) is 0 Å². The third-order valence-electron chi connectivity index (χ3n) is 3.74. The predicted molar refractivity (Wildman–Crippen MR) is 75.3 cm³/mol. The van der Waals surface area contributed by atoms with E-state index in [9.17, 15) is 9.90 Å². The van der Waals surface area contributed by atoms with Crippen LogP contribution >= 0.6 is 0 Å². The van der Waals surface area contributed by atoms with E-state index in [1.54, 1.807) is 0 Å². The summed E-state index contributed by atoms with van der Waals surface area (Å²) in [4.78, 5) is 13.5. The first kappa shape index (κ1) is 17.4. The third kappa shape index (κ3) is 6.19. The van der Waals surface area contributed by atoms with Gasteiger partial charge in [0.25, 0.3) is 0 Å². The van der Waals surface area contributed by atoms with Gasteiger partial charge < -0.3 is 25.6 Å². The van der Waals surface area contributed by atoms with Crippen molar-refractivity contribution in [2.24, 2.45) is 5.73 Å². The van der Waals surface area contributed by atoms with Crippen LogP contribution in [0.1, 0.15) is 25.7 Å². The third-order valence-corrected chi connectivity index (χ3v) is 3.74. The molecule has 1 saturated heterocycles. The van der Waals surface area contributed by atoms with Gasteiger partial charge in [0.2, 0.25) is 0 Å². The fourth-order valence-corrected chi connectivity index (χ4v) is 2.29. The zero-order valence-electron chi connectivity index (χ0n) is 11.8. The van der Waals surface area contributed by atoms with Gasteiger partial charge in [-0.3, -0.25) is 9.69 Å². The molecule has 1 aliphatic rings. The van der Waals surface area contributed by atoms with Crippen molar-refractivity contribution in [2.45, 2.75) is 37.5 Å². The van der Waals surface area contributed by atoms with E-state index in [1.165, 1.54) is 0 Å². The number of aliphatic carboxylic acids is 1. The molecule has 8 heteroatoms. The Kier molecular flexibility index (Phi) is 7.46. The zero-order valence-corrected chi connectivity index (χ0v) is 11.8. The number of carboxylic acids is 1. The van der Waals surface area contributed by atoms with Crippen molar-refractivity contribution >= 4 is 13.1 Å². The molecule has 116 valence electrons. The van der Waals surface area contributed by atoms with Crippen LogP contribution in [0.4, 0.5) is 0 Å². The molecule has 0 aromatic rings. The number of nitrogens with two attached hydrogens (primary N) is 1. The molecule has 0 amide bonds. The first-order valence-electron chi connectivity index (χ1n) is 7.12. The molecule has 1 aliphatic heterocycles. The highest BCUT2D eigenvalue weighted by Gasteiger charge is 2.33. The summed E-state index contributed by atoms with van der Waals surface area (Å²) in [6.45, 7) is 3.63. The number of carboxylic acid groups (broad SMARTS) is 1. The van der Waals surface area contributed by atoms with Crippen molar-refractivity contribution in [3.05, 3.63) is 0 Å². The van der Waals surface area contributed by atoms with Crippen LogP contribution in [0.3, 0.4) is 0 Å². The van der Waals surface area contributed by atoms with Crippen molar-refractivity contribution in [1.29, 1.82) is 0 Å². The fourth-order valence-electron chi connectivity index (χ4n) is 2.29. The van der Waals surface area contributed by atoms with Gasteiger partial charge in [0.1, 0.15) is 5.54 Å². The number of morpholine rings is 1. The van der Waals surface area contributed by atoms with E-state index in [0.717, 1.165) is 13.1 Å². The van der Waals surface area contributed by atoms with Crippen LogP contribution in [0.5, 0.6) is 0 Å². The minimum atomic E-state index is -1.33. The smallest absolute Gasteiger partial charge is 0.451 e. The molecule has 5 N–H and O–H groups in total. The SMILES string of the molecule is NC(CCCCB(O)O)(CCN1CCOCC1)C(=O)O. The number of hydrogen-bond acceptors (Lipinski definition) is 6. The first-order valence-corrected chi connectivity index (χ1v) is 7.12. The molecule has 0 spiro atoms. The Bertz CT molecular complexity index is 300. The number of rotatable bonds is 9. The average Bonchev–Trinajstić information content (AvgIpc) is 2.42. The Morgan fingerprint density at radius 1 is 1.25 bits per heavy atom. The lowest BCUT2D eigenvalue weighted by atomic mass is 9.81. The maximum absolute atomic E-state index is 11.4. The number of carbonyl (C=O) groups is 1. The number of hydrogen-bond donors (Lipinski definition) is 4. The summed E-state index contributed by atoms with van der Waals surface area (Å²) in [5.74, 6) is -0.990. The molecule has 1 atom stereocenters. The molecule has 0 saturated carbocycles. The van der Waals surface area contributed by atoms with E-state index >= 15 is 0 Å². The predicted octanol–water partition coefficient (Wildman–Crippen LogP) is -0.866. The van der Waals surface area contributed by atoms with Crippen LogP contribution in [0.15, 0.2) is 0 Å². The fraction of sp³-hybridized carbons (Fsp3) is 0.917. The van der Waals surface area contributed by atoms with Gasteiger partial charge in [-0.25, -0.2) is 0 Å². The van der Waals surface area contributed by atoms with Crippen molar-refractivity contribution < 1.29 is 24.7 Å². The molecular formula is C12H25BN2O5. The molecule has 0 aromatic carbocycles. The average molecular weight is 288 g/mol. The highest BCUT2D eigenvalue weighted by molar-refractivity contribution is 6.40. The summed E-state index contributed by atoms with van der Waals surface area (Å²) in [7, 11) is -1.33. The summed E-state index contributed by atoms with van der Waals surface area (Å²) >= 11 is 0. The second kappa shape index (κ2) is 8.58. The van der Waals surface area contributed by atoms with Gasteiger partial charge in [-0.15, -0.1) is 0 Å². The zero-order chi connectivity index (χ0) is 15.0. The van der Waals surface area contributed by atoms with Crippen LogP contribution in [0.25, 0.3) is 0 Å². The van der Waals surface area contributed by atoms with E-state index in [2.05, 4.69) is 4.90 Å². The lowest BCUT2D eigenvalue weighted by Crippen LogP contribution is -2.51. The van der Waals surface area contributed by atoms with E-state index in [0.29, 0.717) is 45.4 Å². The number of nitrogens with zero attached hydrogens (tertiary/aromatic N) is 1. The molecule has 1 unspecified atom stereocenters. The summed E-state index contributed by atoms with van der Waals surface area (Å²) in [6.07, 6.45) is 2.12. The lowest BCUT2D eigenvalue weighted by molar-refractivity contribution is -0.144. The lowest BCUT2D eigenvalue weighted by Gasteiger charge is -2.31. The molecule has 0 radical (unpaired) electrons. The summed E-state index contributed by atoms with van der Waals surface area (Å²) < 4.78 is 5.24. The van der Waals surface area contributed by atoms with Gasteiger partial charge in [-0.1, -0.05) is 12.8 Å². The van der Waals surface area contributed by atoms with Crippen molar-refractivity contribution in [2.75, 3.05) is 32.8 Å². The molecule has 1 fully saturated rings. The molecule has 0 bridgehead atoms. The molecule has 1 rings (SSSR count). The standard InChI is InChI=1S/C12H25BN2O5/c14-12(11(16)17,3-1-2-5-13(18)19)4-6-15-7-9-20-10-8-15/h18-19H,1-10,14H2,(H,16,17). The Labute approximate surface area is 119 Å². The molecular weight excluding hydrogens is 263 g/mol. The second-order valence-electron chi connectivity index (χ2n) is 5.39. The Morgan fingerprint density at radius 2 is 1.90 bits per heavy atom. The van der Waals surface area contributed by atoms with Crippen LogP contribution in [-0.2, 0) is 9.53 Å². The van der Waals surface area contributed by atoms with E-state index < -0.39 is 18.6 Å². The molecule has 0 aliphatic carbocycles. The Hall–Kier alpha value is -0.665. The molecule has 7 nitrogen and oxygen atoms in total. The first-order chi connectivity index (χ1) is 9.44. The largest absolute Gasteiger partial charge is 0.480 e. The minimum absolute atomic E-state index is 0.249. The second-order valence-corrected chi connectivity index (χ2v) is 5.39. The summed E-state index contributed by atoms with van der Waals surface area (Å²) in [5.41, 5.74) is 4.76. The topological polar surface area (TPSA) is 116 Å². The van der Waals surface area contributed by atoms with E-state index in [1.807, 2.05) is 0 Å². The van der Waals surface area contributed by atoms with E-state index in [4.69, 9.17) is 20.5 Å². The summed E-state index contributed by atoms with van der Waals surface area (Å²) in [5, 5.41) is 26.8. The Balaban J connectivity index is 2.34. The van der Waals surface area contributed by atoms with Crippen LogP contribution < -0.4 is 5.73 Å². The van der Waals surface area contributed by atoms with Gasteiger partial charge in [0.05, 0.1) is 13.2 Å². The van der Waals surface area contributed by atoms with Crippen LogP contribution in [0.2, 0.25) is 6.32 Å². The van der Waals surface area contributed by atoms with Gasteiger partial charge >= 0.3 is 13.1 Å². The molecule has 20 heavy (non-hydrogen) atoms. The molecule has 1 heterocycles. The van der Waals surface area contributed by atoms with Gasteiger partial charge in [0, 0.05) is 19.6 Å². The van der Waals surface area contributed by atoms with Crippen LogP contribution in [-0.4, -0.2) is 71.5 Å². The number of unbranched alkanes of at least 4 members (excludes halogenated alkanes) is 1. The normalized spacial score (nSPS) is 19.6. The van der Waals surface area contributed by atoms with Crippen molar-refractivity contribution in [3.8, 4) is 0 Å². The monoisotopic (exact) mass is 288 g/mol. The highest BCUT2D eigenvalue weighted by atomic mass is 16.5. The number of ether oxygens (including phenoxy) is 1. The van der Waals surface area contributed by atoms with E-state index in [-0.39, 0.29) is 6.32 Å². The van der Waals surface area contributed by atoms with Gasteiger partial charge in [0.15, 0.2) is 0 Å². The van der Waals surface area contributed by atoms with Crippen LogP contribution in [0, 0.1) is 0 Å². The quantitative estimate of drug-likeness (QED) is 0.322. The maximum Gasteiger partial charge on any atom is 0.451 e.